The molecule has 0 saturated carbocycles. The highest BCUT2D eigenvalue weighted by Gasteiger charge is 2.35. The summed E-state index contributed by atoms with van der Waals surface area (Å²) in [6.45, 7) is 4.04. The number of rotatable bonds is 1. The fourth-order valence-corrected chi connectivity index (χ4v) is 2.79. The van der Waals surface area contributed by atoms with Crippen LogP contribution in [0.3, 0.4) is 0 Å². The van der Waals surface area contributed by atoms with Crippen LogP contribution in [0.15, 0.2) is 36.4 Å². The Kier molecular flexibility index (Phi) is 2.75. The fourth-order valence-electron chi connectivity index (χ4n) is 2.79. The summed E-state index contributed by atoms with van der Waals surface area (Å²) < 4.78 is 26.3. The monoisotopic (exact) mass is 272 g/mol. The smallest absolute Gasteiger partial charge is 0.164 e. The first-order chi connectivity index (χ1) is 9.38. The molecule has 0 radical (unpaired) electrons. The maximum Gasteiger partial charge on any atom is 0.164 e. The van der Waals surface area contributed by atoms with Crippen molar-refractivity contribution in [3.63, 3.8) is 0 Å². The van der Waals surface area contributed by atoms with E-state index in [9.17, 15) is 13.6 Å². The van der Waals surface area contributed by atoms with Crippen molar-refractivity contribution >= 4 is 5.78 Å². The van der Waals surface area contributed by atoms with E-state index in [0.717, 1.165) is 22.8 Å². The molecular formula is C17H14F2O. The van der Waals surface area contributed by atoms with Crippen LogP contribution in [0.1, 0.15) is 36.2 Å². The van der Waals surface area contributed by atoms with Crippen molar-refractivity contribution in [2.45, 2.75) is 25.7 Å². The van der Waals surface area contributed by atoms with Crippen LogP contribution in [-0.4, -0.2) is 5.78 Å². The minimum absolute atomic E-state index is 0.141. The number of fused-ring (bicyclic) bond motifs is 1. The first kappa shape index (κ1) is 13.0. The molecular weight excluding hydrogens is 258 g/mol. The number of halogens is 2. The molecule has 1 aliphatic rings. The van der Waals surface area contributed by atoms with Crippen molar-refractivity contribution in [2.24, 2.45) is 0 Å². The molecule has 1 nitrogen and oxygen atoms in total. The molecule has 2 aromatic rings. The normalized spacial score (nSPS) is 16.3. The van der Waals surface area contributed by atoms with Gasteiger partial charge in [-0.15, -0.1) is 0 Å². The van der Waals surface area contributed by atoms with Crippen LogP contribution < -0.4 is 0 Å². The zero-order chi connectivity index (χ0) is 14.5. The Morgan fingerprint density at radius 3 is 2.30 bits per heavy atom. The Morgan fingerprint density at radius 1 is 0.950 bits per heavy atom. The van der Waals surface area contributed by atoms with Crippen molar-refractivity contribution in [1.82, 2.24) is 0 Å². The van der Waals surface area contributed by atoms with Gasteiger partial charge in [-0.2, -0.15) is 0 Å². The highest BCUT2D eigenvalue weighted by molar-refractivity contribution is 6.02. The van der Waals surface area contributed by atoms with E-state index in [4.69, 9.17) is 0 Å². The number of hydrogen-bond donors (Lipinski definition) is 0. The second-order valence-corrected chi connectivity index (χ2v) is 5.87. The van der Waals surface area contributed by atoms with Gasteiger partial charge in [0.2, 0.25) is 0 Å². The van der Waals surface area contributed by atoms with Gasteiger partial charge < -0.3 is 0 Å². The number of carbonyl (C=O) groups is 1. The lowest BCUT2D eigenvalue weighted by molar-refractivity contribution is 0.0979. The topological polar surface area (TPSA) is 17.1 Å². The minimum atomic E-state index is -0.863. The van der Waals surface area contributed by atoms with Crippen LogP contribution >= 0.6 is 0 Å². The largest absolute Gasteiger partial charge is 0.294 e. The van der Waals surface area contributed by atoms with Gasteiger partial charge in [-0.1, -0.05) is 32.0 Å². The van der Waals surface area contributed by atoms with Crippen molar-refractivity contribution in [3.05, 3.63) is 59.2 Å². The molecule has 0 N–H and O–H groups in total. The van der Waals surface area contributed by atoms with Gasteiger partial charge in [0.15, 0.2) is 17.4 Å². The van der Waals surface area contributed by atoms with Gasteiger partial charge in [0.25, 0.3) is 0 Å². The molecule has 0 amide bonds. The third-order valence-corrected chi connectivity index (χ3v) is 3.90. The van der Waals surface area contributed by atoms with E-state index in [0.29, 0.717) is 12.0 Å². The van der Waals surface area contributed by atoms with Gasteiger partial charge in [0.05, 0.1) is 0 Å². The van der Waals surface area contributed by atoms with Crippen molar-refractivity contribution < 1.29 is 13.6 Å². The maximum absolute atomic E-state index is 13.3. The average molecular weight is 272 g/mol. The van der Waals surface area contributed by atoms with Crippen molar-refractivity contribution in [2.75, 3.05) is 0 Å². The van der Waals surface area contributed by atoms with E-state index < -0.39 is 11.6 Å². The summed E-state index contributed by atoms with van der Waals surface area (Å²) in [7, 11) is 0. The maximum atomic E-state index is 13.3. The quantitative estimate of drug-likeness (QED) is 0.747. The molecule has 20 heavy (non-hydrogen) atoms. The molecule has 3 heteroatoms. The summed E-state index contributed by atoms with van der Waals surface area (Å²) >= 11 is 0. The minimum Gasteiger partial charge on any atom is -0.294 e. The molecule has 0 heterocycles. The third kappa shape index (κ3) is 1.94. The third-order valence-electron chi connectivity index (χ3n) is 3.90. The van der Waals surface area contributed by atoms with Crippen LogP contribution in [0.4, 0.5) is 8.78 Å². The zero-order valence-electron chi connectivity index (χ0n) is 11.3. The summed E-state index contributed by atoms with van der Waals surface area (Å²) in [5.41, 5.74) is 2.92. The molecule has 102 valence electrons. The molecule has 0 unspecified atom stereocenters. The lowest BCUT2D eigenvalue weighted by atomic mass is 9.85. The lowest BCUT2D eigenvalue weighted by Crippen LogP contribution is -2.12. The molecule has 0 aliphatic heterocycles. The number of carbonyl (C=O) groups excluding carboxylic acids is 1. The number of hydrogen-bond acceptors (Lipinski definition) is 1. The molecule has 0 atom stereocenters. The van der Waals surface area contributed by atoms with E-state index in [-0.39, 0.29) is 11.2 Å². The molecule has 0 saturated heterocycles. The molecule has 1 aliphatic carbocycles. The van der Waals surface area contributed by atoms with Crippen molar-refractivity contribution in [3.8, 4) is 11.1 Å². The van der Waals surface area contributed by atoms with Gasteiger partial charge in [-0.25, -0.2) is 8.78 Å². The second-order valence-electron chi connectivity index (χ2n) is 5.87. The summed E-state index contributed by atoms with van der Waals surface area (Å²) in [4.78, 5) is 11.9. The van der Waals surface area contributed by atoms with E-state index in [1.165, 1.54) is 6.07 Å². The van der Waals surface area contributed by atoms with Crippen molar-refractivity contribution in [1.29, 1.82) is 0 Å². The summed E-state index contributed by atoms with van der Waals surface area (Å²) in [6, 6.07) is 9.32. The van der Waals surface area contributed by atoms with E-state index in [1.54, 1.807) is 18.2 Å². The van der Waals surface area contributed by atoms with Crippen LogP contribution in [-0.2, 0) is 5.41 Å². The Hall–Kier alpha value is -2.03. The van der Waals surface area contributed by atoms with Crippen LogP contribution in [0, 0.1) is 11.6 Å². The molecule has 0 aromatic heterocycles. The summed E-state index contributed by atoms with van der Waals surface area (Å²) in [5, 5.41) is 0. The van der Waals surface area contributed by atoms with E-state index in [1.807, 2.05) is 19.9 Å². The number of ketones is 1. The Labute approximate surface area is 116 Å². The first-order valence-corrected chi connectivity index (χ1v) is 6.52. The predicted molar refractivity (Wildman–Crippen MR) is 73.8 cm³/mol. The van der Waals surface area contributed by atoms with Crippen LogP contribution in [0.5, 0.6) is 0 Å². The standard InChI is InChI=1S/C17H14F2O/c1-17(2)9-16(20)12-5-3-10(7-13(12)17)11-4-6-14(18)15(19)8-11/h3-8H,9H2,1-2H3. The van der Waals surface area contributed by atoms with Crippen LogP contribution in [0.2, 0.25) is 0 Å². The number of benzene rings is 2. The van der Waals surface area contributed by atoms with Gasteiger partial charge in [0.1, 0.15) is 0 Å². The van der Waals surface area contributed by atoms with Gasteiger partial charge in [-0.3, -0.25) is 4.79 Å². The lowest BCUT2D eigenvalue weighted by Gasteiger charge is -2.18. The molecule has 0 fully saturated rings. The zero-order valence-corrected chi connectivity index (χ0v) is 11.3. The molecule has 2 aromatic carbocycles. The van der Waals surface area contributed by atoms with E-state index in [2.05, 4.69) is 0 Å². The van der Waals surface area contributed by atoms with Crippen LogP contribution in [0.25, 0.3) is 11.1 Å². The van der Waals surface area contributed by atoms with Gasteiger partial charge >= 0.3 is 0 Å². The molecule has 0 spiro atoms. The summed E-state index contributed by atoms with van der Waals surface area (Å²) in [6.07, 6.45) is 0.490. The SMILES string of the molecule is CC1(C)CC(=O)c2ccc(-c3ccc(F)c(F)c3)cc21. The van der Waals surface area contributed by atoms with E-state index >= 15 is 0 Å². The van der Waals surface area contributed by atoms with Gasteiger partial charge in [-0.05, 0) is 40.3 Å². The number of Topliss-reactive ketones (excluding diaryl/α,β-unsaturated/α-hetero) is 1. The highest BCUT2D eigenvalue weighted by Crippen LogP contribution is 2.40. The fraction of sp³-hybridized carbons (Fsp3) is 0.235. The van der Waals surface area contributed by atoms with Gasteiger partial charge in [0, 0.05) is 12.0 Å². The highest BCUT2D eigenvalue weighted by atomic mass is 19.2. The Bertz CT molecular complexity index is 717. The first-order valence-electron chi connectivity index (χ1n) is 6.52. The predicted octanol–water partition coefficient (Wildman–Crippen LogP) is 4.50. The second kappa shape index (κ2) is 4.23. The average Bonchev–Trinajstić information content (AvgIpc) is 2.63. The Morgan fingerprint density at radius 2 is 1.60 bits per heavy atom. The molecule has 0 bridgehead atoms. The Balaban J connectivity index is 2.13. The molecule has 3 rings (SSSR count). The summed E-state index contributed by atoms with van der Waals surface area (Å²) in [5.74, 6) is -1.58.